The maximum absolute atomic E-state index is 11.9. The number of nitrogens with one attached hydrogen (secondary N) is 2. The van der Waals surface area contributed by atoms with E-state index in [-0.39, 0.29) is 18.5 Å². The van der Waals surface area contributed by atoms with Crippen LogP contribution in [0.5, 0.6) is 0 Å². The van der Waals surface area contributed by atoms with Crippen molar-refractivity contribution in [3.05, 3.63) is 33.7 Å². The van der Waals surface area contributed by atoms with Crippen molar-refractivity contribution in [2.24, 2.45) is 0 Å². The molecule has 1 aliphatic heterocycles. The molecule has 9 heteroatoms. The van der Waals surface area contributed by atoms with Gasteiger partial charge >= 0.3 is 11.9 Å². The first kappa shape index (κ1) is 18.1. The van der Waals surface area contributed by atoms with Crippen molar-refractivity contribution in [1.82, 2.24) is 20.1 Å². The SMILES string of the molecule is O=C(O)CN1CCNCCN(CC(=O)O)Cc2cc(=O)cc([nH]2)C1. The van der Waals surface area contributed by atoms with Crippen LogP contribution < -0.4 is 10.7 Å². The predicted molar refractivity (Wildman–Crippen MR) is 85.8 cm³/mol. The van der Waals surface area contributed by atoms with E-state index in [1.807, 2.05) is 0 Å². The largest absolute Gasteiger partial charge is 0.480 e. The number of pyridine rings is 1. The molecule has 2 rings (SSSR count). The van der Waals surface area contributed by atoms with Gasteiger partial charge in [-0.25, -0.2) is 0 Å². The Morgan fingerprint density at radius 2 is 1.42 bits per heavy atom. The lowest BCUT2D eigenvalue weighted by molar-refractivity contribution is -0.139. The first-order valence-corrected chi connectivity index (χ1v) is 7.73. The lowest BCUT2D eigenvalue weighted by atomic mass is 10.2. The molecule has 0 radical (unpaired) electrons. The number of carboxylic acids is 2. The van der Waals surface area contributed by atoms with Crippen LogP contribution in [0, 0.1) is 0 Å². The second-order valence-corrected chi connectivity index (χ2v) is 5.83. The first-order valence-electron chi connectivity index (χ1n) is 7.73. The molecule has 0 saturated heterocycles. The molecule has 2 heterocycles. The van der Waals surface area contributed by atoms with Crippen LogP contribution in [-0.4, -0.2) is 76.2 Å². The monoisotopic (exact) mass is 338 g/mol. The third-order valence-corrected chi connectivity index (χ3v) is 3.67. The van der Waals surface area contributed by atoms with Gasteiger partial charge in [0.1, 0.15) is 0 Å². The summed E-state index contributed by atoms with van der Waals surface area (Å²) in [5.74, 6) is -1.85. The van der Waals surface area contributed by atoms with Gasteiger partial charge in [0.15, 0.2) is 5.43 Å². The lowest BCUT2D eigenvalue weighted by Gasteiger charge is -2.24. The zero-order valence-electron chi connectivity index (χ0n) is 13.3. The maximum atomic E-state index is 11.9. The van der Waals surface area contributed by atoms with E-state index in [1.165, 1.54) is 12.1 Å². The van der Waals surface area contributed by atoms with Gasteiger partial charge in [-0.15, -0.1) is 0 Å². The lowest BCUT2D eigenvalue weighted by Crippen LogP contribution is -2.40. The van der Waals surface area contributed by atoms with E-state index >= 15 is 0 Å². The number of rotatable bonds is 4. The Labute approximate surface area is 138 Å². The molecule has 2 bridgehead atoms. The number of hydrogen-bond acceptors (Lipinski definition) is 6. The topological polar surface area (TPSA) is 126 Å². The van der Waals surface area contributed by atoms with Crippen LogP contribution in [0.25, 0.3) is 0 Å². The Hall–Kier alpha value is -2.23. The Balaban J connectivity index is 2.23. The molecule has 0 unspecified atom stereocenters. The highest BCUT2D eigenvalue weighted by Crippen LogP contribution is 2.05. The molecule has 0 atom stereocenters. The van der Waals surface area contributed by atoms with E-state index in [0.717, 1.165) is 0 Å². The molecule has 1 aromatic rings. The highest BCUT2D eigenvalue weighted by molar-refractivity contribution is 5.69. The fraction of sp³-hybridized carbons (Fsp3) is 0.533. The Morgan fingerprint density at radius 3 is 1.83 bits per heavy atom. The van der Waals surface area contributed by atoms with Crippen molar-refractivity contribution in [2.75, 3.05) is 39.3 Å². The third-order valence-electron chi connectivity index (χ3n) is 3.67. The Morgan fingerprint density at radius 1 is 0.958 bits per heavy atom. The molecular weight excluding hydrogens is 316 g/mol. The van der Waals surface area contributed by atoms with Crippen LogP contribution in [0.1, 0.15) is 11.4 Å². The number of aromatic nitrogens is 1. The third kappa shape index (κ3) is 6.11. The van der Waals surface area contributed by atoms with Crippen molar-refractivity contribution in [3.63, 3.8) is 0 Å². The van der Waals surface area contributed by atoms with Crippen molar-refractivity contribution in [2.45, 2.75) is 13.1 Å². The highest BCUT2D eigenvalue weighted by Gasteiger charge is 2.15. The molecule has 0 fully saturated rings. The molecule has 0 aromatic carbocycles. The van der Waals surface area contributed by atoms with Crippen molar-refractivity contribution in [3.8, 4) is 0 Å². The van der Waals surface area contributed by atoms with Crippen LogP contribution in [0.15, 0.2) is 16.9 Å². The van der Waals surface area contributed by atoms with Crippen molar-refractivity contribution < 1.29 is 19.8 Å². The van der Waals surface area contributed by atoms with Gasteiger partial charge in [-0.3, -0.25) is 24.2 Å². The summed E-state index contributed by atoms with van der Waals surface area (Å²) in [6.45, 7) is 2.59. The van der Waals surface area contributed by atoms with Gasteiger partial charge in [0.05, 0.1) is 13.1 Å². The number of carboxylic acid groups (broad SMARTS) is 2. The van der Waals surface area contributed by atoms with Crippen LogP contribution in [0.4, 0.5) is 0 Å². The number of carbonyl (C=O) groups is 2. The van der Waals surface area contributed by atoms with E-state index in [9.17, 15) is 14.4 Å². The summed E-state index contributed by atoms with van der Waals surface area (Å²) < 4.78 is 0. The fourth-order valence-corrected chi connectivity index (χ4v) is 2.73. The minimum absolute atomic E-state index is 0.112. The second kappa shape index (κ2) is 8.57. The molecule has 0 amide bonds. The van der Waals surface area contributed by atoms with Crippen molar-refractivity contribution >= 4 is 11.9 Å². The van der Waals surface area contributed by atoms with E-state index in [4.69, 9.17) is 10.2 Å². The summed E-state index contributed by atoms with van der Waals surface area (Å²) >= 11 is 0. The summed E-state index contributed by atoms with van der Waals surface area (Å²) in [6, 6.07) is 2.89. The summed E-state index contributed by atoms with van der Waals surface area (Å²) in [4.78, 5) is 40.4. The smallest absolute Gasteiger partial charge is 0.317 e. The van der Waals surface area contributed by atoms with Gasteiger partial charge < -0.3 is 20.5 Å². The zero-order valence-corrected chi connectivity index (χ0v) is 13.3. The van der Waals surface area contributed by atoms with Crippen LogP contribution in [0.2, 0.25) is 0 Å². The number of aromatic amines is 1. The molecular formula is C15H22N4O5. The standard InChI is InChI=1S/C15H22N4O5/c20-13-5-11-7-18(9-14(21)22)3-1-16-2-4-19(10-15(23)24)8-12(6-13)17-11/h5-6,16H,1-4,7-10H2,(H,17,20)(H,21,22)(H,23,24). The minimum atomic E-state index is -0.923. The molecule has 0 spiro atoms. The molecule has 0 aliphatic carbocycles. The minimum Gasteiger partial charge on any atom is -0.480 e. The predicted octanol–water partition coefficient (Wildman–Crippen LogP) is -1.25. The summed E-state index contributed by atoms with van der Waals surface area (Å²) in [5, 5.41) is 21.2. The molecule has 1 aromatic heterocycles. The molecule has 1 aliphatic rings. The van der Waals surface area contributed by atoms with Gasteiger partial charge in [0, 0.05) is 62.8 Å². The second-order valence-electron chi connectivity index (χ2n) is 5.83. The van der Waals surface area contributed by atoms with E-state index in [1.54, 1.807) is 9.80 Å². The van der Waals surface area contributed by atoms with Crippen molar-refractivity contribution in [1.29, 1.82) is 0 Å². The Kier molecular flexibility index (Phi) is 6.47. The van der Waals surface area contributed by atoms with Gasteiger partial charge in [0.25, 0.3) is 0 Å². The normalized spacial score (nSPS) is 17.7. The molecule has 24 heavy (non-hydrogen) atoms. The number of nitrogens with zero attached hydrogens (tertiary/aromatic N) is 2. The number of H-pyrrole nitrogens is 1. The number of fused-ring (bicyclic) bond motifs is 2. The zero-order chi connectivity index (χ0) is 17.5. The number of aliphatic carboxylic acids is 2. The highest BCUT2D eigenvalue weighted by atomic mass is 16.4. The summed E-state index contributed by atoms with van der Waals surface area (Å²) in [6.07, 6.45) is 0. The Bertz CT molecular complexity index is 596. The first-order chi connectivity index (χ1) is 11.4. The van der Waals surface area contributed by atoms with Gasteiger partial charge in [-0.2, -0.15) is 0 Å². The molecule has 4 N–H and O–H groups in total. The maximum Gasteiger partial charge on any atom is 0.317 e. The molecule has 132 valence electrons. The number of hydrogen-bond donors (Lipinski definition) is 4. The van der Waals surface area contributed by atoms with E-state index in [0.29, 0.717) is 50.7 Å². The summed E-state index contributed by atoms with van der Waals surface area (Å²) in [7, 11) is 0. The van der Waals surface area contributed by atoms with E-state index in [2.05, 4.69) is 10.3 Å². The van der Waals surface area contributed by atoms with Crippen LogP contribution in [0.3, 0.4) is 0 Å². The van der Waals surface area contributed by atoms with Gasteiger partial charge in [0.2, 0.25) is 0 Å². The van der Waals surface area contributed by atoms with Crippen LogP contribution >= 0.6 is 0 Å². The quantitative estimate of drug-likeness (QED) is 0.537. The molecule has 9 nitrogen and oxygen atoms in total. The average molecular weight is 338 g/mol. The average Bonchev–Trinajstić information content (AvgIpc) is 2.43. The molecule has 0 saturated carbocycles. The van der Waals surface area contributed by atoms with Gasteiger partial charge in [-0.1, -0.05) is 0 Å². The fourth-order valence-electron chi connectivity index (χ4n) is 2.73. The van der Waals surface area contributed by atoms with Gasteiger partial charge in [-0.05, 0) is 0 Å². The van der Waals surface area contributed by atoms with E-state index < -0.39 is 11.9 Å². The summed E-state index contributed by atoms with van der Waals surface area (Å²) in [5.41, 5.74) is 1.06. The van der Waals surface area contributed by atoms with Crippen LogP contribution in [-0.2, 0) is 22.7 Å².